The third-order valence-corrected chi connectivity index (χ3v) is 5.66. The lowest BCUT2D eigenvalue weighted by Gasteiger charge is -2.09. The number of benzene rings is 3. The molecule has 2 heterocycles. The van der Waals surface area contributed by atoms with Crippen LogP contribution in [-0.4, -0.2) is 13.9 Å². The minimum Gasteiger partial charge on any atom is -0.264 e. The second kappa shape index (κ2) is 10.6. The summed E-state index contributed by atoms with van der Waals surface area (Å²) in [7, 11) is 0. The Morgan fingerprint density at radius 3 is 2.39 bits per heavy atom. The van der Waals surface area contributed by atoms with Gasteiger partial charge < -0.3 is 0 Å². The zero-order valence-corrected chi connectivity index (χ0v) is 20.7. The Kier molecular flexibility index (Phi) is 7.90. The minimum atomic E-state index is 0. The lowest BCUT2D eigenvalue weighted by molar-refractivity contribution is 0.980. The molecule has 2 aromatic heterocycles. The van der Waals surface area contributed by atoms with Crippen LogP contribution in [0.2, 0.25) is 0 Å². The van der Waals surface area contributed by atoms with E-state index >= 15 is 0 Å². The first kappa shape index (κ1) is 23.1. The largest absolute Gasteiger partial charge is 0.264 e. The molecule has 0 aliphatic heterocycles. The molecular formula is C24H20Br2N4S. The van der Waals surface area contributed by atoms with Gasteiger partial charge >= 0.3 is 0 Å². The predicted molar refractivity (Wildman–Crippen MR) is 139 cm³/mol. The Labute approximate surface area is 205 Å². The molecule has 0 bridgehead atoms. The number of para-hydroxylation sites is 1. The van der Waals surface area contributed by atoms with Crippen molar-refractivity contribution in [1.29, 1.82) is 0 Å². The van der Waals surface area contributed by atoms with Crippen LogP contribution in [0.3, 0.4) is 0 Å². The number of halogens is 2. The first-order valence-corrected chi connectivity index (χ1v) is 10.2. The number of hydrogen-bond acceptors (Lipinski definition) is 4. The van der Waals surface area contributed by atoms with Gasteiger partial charge in [0.05, 0.1) is 12.2 Å². The Morgan fingerprint density at radius 1 is 0.806 bits per heavy atom. The molecular weight excluding hydrogens is 536 g/mol. The summed E-state index contributed by atoms with van der Waals surface area (Å²) in [6.45, 7) is 0.561. The Hall–Kier alpha value is -2.61. The summed E-state index contributed by atoms with van der Waals surface area (Å²) in [6, 6.07) is 29.0. The quantitative estimate of drug-likeness (QED) is 0.257. The normalized spacial score (nSPS) is 11.0. The lowest BCUT2D eigenvalue weighted by Crippen LogP contribution is -1.99. The third-order valence-electron chi connectivity index (χ3n) is 4.71. The van der Waals surface area contributed by atoms with Gasteiger partial charge in [0.2, 0.25) is 4.80 Å². The van der Waals surface area contributed by atoms with Crippen LogP contribution < -0.4 is 4.80 Å². The smallest absolute Gasteiger partial charge is 0.223 e. The predicted octanol–water partition coefficient (Wildman–Crippen LogP) is 6.41. The van der Waals surface area contributed by atoms with Gasteiger partial charge in [0.1, 0.15) is 0 Å². The average molecular weight is 556 g/mol. The van der Waals surface area contributed by atoms with Crippen molar-refractivity contribution in [2.45, 2.75) is 6.54 Å². The highest BCUT2D eigenvalue weighted by Gasteiger charge is 2.13. The number of nitrogens with zero attached hydrogens (tertiary/aromatic N) is 4. The second-order valence-corrected chi connectivity index (χ2v) is 7.56. The second-order valence-electron chi connectivity index (χ2n) is 6.64. The van der Waals surface area contributed by atoms with Gasteiger partial charge in [0, 0.05) is 18.0 Å². The fourth-order valence-electron chi connectivity index (χ4n) is 3.32. The number of fused-ring (bicyclic) bond motifs is 1. The van der Waals surface area contributed by atoms with Crippen LogP contribution in [-0.2, 0) is 6.54 Å². The number of rotatable bonds is 4. The van der Waals surface area contributed by atoms with E-state index in [1.165, 1.54) is 10.8 Å². The van der Waals surface area contributed by atoms with E-state index in [-0.39, 0.29) is 34.0 Å². The van der Waals surface area contributed by atoms with Gasteiger partial charge in [-0.05, 0) is 46.1 Å². The van der Waals surface area contributed by atoms with E-state index in [9.17, 15) is 0 Å². The van der Waals surface area contributed by atoms with Crippen molar-refractivity contribution in [2.75, 3.05) is 0 Å². The van der Waals surface area contributed by atoms with Gasteiger partial charge in [-0.1, -0.05) is 66.7 Å². The van der Waals surface area contributed by atoms with Crippen molar-refractivity contribution in [3.8, 4) is 17.1 Å². The molecule has 0 aliphatic rings. The minimum absolute atomic E-state index is 0. The molecule has 0 unspecified atom stereocenters. The van der Waals surface area contributed by atoms with Crippen molar-refractivity contribution in [1.82, 2.24) is 13.9 Å². The Bertz CT molecular complexity index is 1330. The maximum atomic E-state index is 4.92. The van der Waals surface area contributed by atoms with Crippen LogP contribution in [0.15, 0.2) is 102 Å². The molecule has 0 saturated heterocycles. The standard InChI is InChI=1S/C24H18N4S.2BrH/c1-2-11-20(12-3-1)28-23(22-14-6-10-19-9-4-5-13-21(19)22)27-24(29-28)26-17-18-8-7-15-25-16-18;;/h1-16H,17H2;2*1H/b26-24-;;. The summed E-state index contributed by atoms with van der Waals surface area (Å²) in [5.41, 5.74) is 3.25. The summed E-state index contributed by atoms with van der Waals surface area (Å²) in [5, 5.41) is 2.38. The van der Waals surface area contributed by atoms with E-state index in [2.05, 4.69) is 63.5 Å². The fraction of sp³-hybridized carbons (Fsp3) is 0.0417. The summed E-state index contributed by atoms with van der Waals surface area (Å²) in [5.74, 6) is 0.905. The maximum Gasteiger partial charge on any atom is 0.223 e. The molecule has 7 heteroatoms. The third kappa shape index (κ3) is 5.01. The Morgan fingerprint density at radius 2 is 1.58 bits per heavy atom. The van der Waals surface area contributed by atoms with Gasteiger partial charge in [-0.2, -0.15) is 4.98 Å². The Balaban J connectivity index is 0.00000136. The summed E-state index contributed by atoms with van der Waals surface area (Å²) >= 11 is 1.55. The van der Waals surface area contributed by atoms with Crippen molar-refractivity contribution < 1.29 is 0 Å². The van der Waals surface area contributed by atoms with Crippen molar-refractivity contribution >= 4 is 56.3 Å². The molecule has 5 aromatic rings. The first-order valence-electron chi connectivity index (χ1n) is 9.42. The maximum absolute atomic E-state index is 4.92. The van der Waals surface area contributed by atoms with Crippen LogP contribution in [0.1, 0.15) is 5.56 Å². The molecule has 0 aliphatic carbocycles. The van der Waals surface area contributed by atoms with Crippen LogP contribution in [0.25, 0.3) is 27.8 Å². The molecule has 156 valence electrons. The van der Waals surface area contributed by atoms with E-state index in [0.29, 0.717) is 6.54 Å². The molecule has 0 amide bonds. The van der Waals surface area contributed by atoms with Crippen molar-refractivity contribution in [3.05, 3.63) is 108 Å². The van der Waals surface area contributed by atoms with Crippen LogP contribution >= 0.6 is 45.5 Å². The van der Waals surface area contributed by atoms with Crippen molar-refractivity contribution in [3.63, 3.8) is 0 Å². The molecule has 5 rings (SSSR count). The first-order chi connectivity index (χ1) is 14.4. The summed E-state index contributed by atoms with van der Waals surface area (Å²) in [4.78, 5) is 14.6. The summed E-state index contributed by atoms with van der Waals surface area (Å²) in [6.07, 6.45) is 3.61. The number of hydrogen-bond donors (Lipinski definition) is 0. The van der Waals surface area contributed by atoms with Gasteiger partial charge in [-0.3, -0.25) is 9.98 Å². The fourth-order valence-corrected chi connectivity index (χ4v) is 4.19. The van der Waals surface area contributed by atoms with Gasteiger partial charge in [0.25, 0.3) is 0 Å². The van der Waals surface area contributed by atoms with Gasteiger partial charge in [0.15, 0.2) is 5.82 Å². The molecule has 0 atom stereocenters. The zero-order valence-electron chi connectivity index (χ0n) is 16.5. The topological polar surface area (TPSA) is 43.1 Å². The molecule has 0 fully saturated rings. The molecule has 0 radical (unpaired) electrons. The highest BCUT2D eigenvalue weighted by molar-refractivity contribution is 8.93. The highest BCUT2D eigenvalue weighted by Crippen LogP contribution is 2.29. The summed E-state index contributed by atoms with van der Waals surface area (Å²) < 4.78 is 2.16. The van der Waals surface area contributed by atoms with Crippen LogP contribution in [0.5, 0.6) is 0 Å². The monoisotopic (exact) mass is 554 g/mol. The number of pyridine rings is 1. The van der Waals surface area contributed by atoms with E-state index in [1.807, 2.05) is 36.5 Å². The molecule has 31 heavy (non-hydrogen) atoms. The van der Waals surface area contributed by atoms with E-state index in [1.54, 1.807) is 17.7 Å². The molecule has 0 N–H and O–H groups in total. The molecule has 3 aromatic carbocycles. The average Bonchev–Trinajstić information content (AvgIpc) is 3.23. The lowest BCUT2D eigenvalue weighted by atomic mass is 10.0. The van der Waals surface area contributed by atoms with Crippen LogP contribution in [0, 0.1) is 0 Å². The SMILES string of the molecule is Br.Br.c1ccc(-n2s/c(=N\Cc3cccnc3)nc2-c2cccc3ccccc23)cc1. The molecule has 4 nitrogen and oxygen atoms in total. The van der Waals surface area contributed by atoms with E-state index in [4.69, 9.17) is 9.98 Å². The van der Waals surface area contributed by atoms with Crippen molar-refractivity contribution in [2.24, 2.45) is 4.99 Å². The zero-order chi connectivity index (χ0) is 19.5. The van der Waals surface area contributed by atoms with Gasteiger partial charge in [-0.25, -0.2) is 3.96 Å². The van der Waals surface area contributed by atoms with Crippen LogP contribution in [0.4, 0.5) is 0 Å². The van der Waals surface area contributed by atoms with E-state index in [0.717, 1.165) is 27.4 Å². The highest BCUT2D eigenvalue weighted by atomic mass is 79.9. The van der Waals surface area contributed by atoms with Gasteiger partial charge in [-0.15, -0.1) is 34.0 Å². The molecule has 0 spiro atoms. The number of aromatic nitrogens is 3. The van der Waals surface area contributed by atoms with E-state index < -0.39 is 0 Å². The molecule has 0 saturated carbocycles.